The molecular weight excluding hydrogens is 205 g/mol. The zero-order valence-corrected chi connectivity index (χ0v) is 9.36. The second-order valence-corrected chi connectivity index (χ2v) is 4.37. The summed E-state index contributed by atoms with van der Waals surface area (Å²) in [4.78, 5) is 0. The molecule has 16 heavy (non-hydrogen) atoms. The Balaban J connectivity index is 1.90. The van der Waals surface area contributed by atoms with E-state index in [4.69, 9.17) is 10.5 Å². The lowest BCUT2D eigenvalue weighted by Gasteiger charge is -2.18. The second-order valence-electron chi connectivity index (χ2n) is 4.37. The Morgan fingerprint density at radius 2 is 2.12 bits per heavy atom. The summed E-state index contributed by atoms with van der Waals surface area (Å²) in [7, 11) is 0. The van der Waals surface area contributed by atoms with Gasteiger partial charge < -0.3 is 10.5 Å². The molecule has 0 radical (unpaired) electrons. The first-order valence-electron chi connectivity index (χ1n) is 5.86. The predicted octanol–water partition coefficient (Wildman–Crippen LogP) is 2.47. The van der Waals surface area contributed by atoms with E-state index < -0.39 is 0 Å². The van der Waals surface area contributed by atoms with Gasteiger partial charge in [-0.15, -0.1) is 0 Å². The first kappa shape index (κ1) is 11.6. The van der Waals surface area contributed by atoms with Crippen LogP contribution in [-0.2, 0) is 11.3 Å². The van der Waals surface area contributed by atoms with Gasteiger partial charge in [0.1, 0.15) is 5.82 Å². The van der Waals surface area contributed by atoms with E-state index >= 15 is 0 Å². The van der Waals surface area contributed by atoms with Gasteiger partial charge in [0.25, 0.3) is 0 Å². The first-order valence-corrected chi connectivity index (χ1v) is 5.86. The monoisotopic (exact) mass is 223 g/mol. The fraction of sp³-hybridized carbons (Fsp3) is 0.538. The zero-order valence-electron chi connectivity index (χ0n) is 9.36. The first-order chi connectivity index (χ1) is 7.81. The summed E-state index contributed by atoms with van der Waals surface area (Å²) in [6, 6.07) is 6.75. The SMILES string of the molecule is NCC1CCCC1OCc1ccccc1F. The zero-order chi connectivity index (χ0) is 11.4. The van der Waals surface area contributed by atoms with Crippen molar-refractivity contribution in [2.24, 2.45) is 11.7 Å². The third-order valence-electron chi connectivity index (χ3n) is 3.30. The number of hydrogen-bond donors (Lipinski definition) is 1. The van der Waals surface area contributed by atoms with Gasteiger partial charge in [-0.05, 0) is 31.4 Å². The molecule has 0 amide bonds. The average Bonchev–Trinajstić information content (AvgIpc) is 2.75. The van der Waals surface area contributed by atoms with Gasteiger partial charge >= 0.3 is 0 Å². The molecule has 1 aliphatic rings. The van der Waals surface area contributed by atoms with Crippen LogP contribution in [0.4, 0.5) is 4.39 Å². The van der Waals surface area contributed by atoms with Gasteiger partial charge in [-0.25, -0.2) is 4.39 Å². The Morgan fingerprint density at radius 1 is 1.31 bits per heavy atom. The largest absolute Gasteiger partial charge is 0.373 e. The minimum atomic E-state index is -0.190. The number of nitrogens with two attached hydrogens (primary N) is 1. The van der Waals surface area contributed by atoms with Crippen LogP contribution in [-0.4, -0.2) is 12.6 Å². The Morgan fingerprint density at radius 3 is 2.88 bits per heavy atom. The Labute approximate surface area is 95.6 Å². The molecule has 0 spiro atoms. The molecule has 1 aliphatic carbocycles. The van der Waals surface area contributed by atoms with E-state index in [0.29, 0.717) is 24.6 Å². The Hall–Kier alpha value is -0.930. The highest BCUT2D eigenvalue weighted by Crippen LogP contribution is 2.28. The van der Waals surface area contributed by atoms with Gasteiger partial charge in [-0.1, -0.05) is 24.6 Å². The molecule has 88 valence electrons. The van der Waals surface area contributed by atoms with Crippen molar-refractivity contribution in [1.82, 2.24) is 0 Å². The van der Waals surface area contributed by atoms with E-state index in [1.165, 1.54) is 12.5 Å². The smallest absolute Gasteiger partial charge is 0.128 e. The Kier molecular flexibility index (Phi) is 3.91. The lowest BCUT2D eigenvalue weighted by Crippen LogP contribution is -2.25. The molecule has 2 N–H and O–H groups in total. The van der Waals surface area contributed by atoms with Crippen LogP contribution in [0.2, 0.25) is 0 Å². The van der Waals surface area contributed by atoms with Gasteiger partial charge in [-0.3, -0.25) is 0 Å². The summed E-state index contributed by atoms with van der Waals surface area (Å²) < 4.78 is 19.1. The minimum Gasteiger partial charge on any atom is -0.373 e. The highest BCUT2D eigenvalue weighted by Gasteiger charge is 2.26. The van der Waals surface area contributed by atoms with Crippen LogP contribution in [0.1, 0.15) is 24.8 Å². The maximum Gasteiger partial charge on any atom is 0.128 e. The molecule has 0 aromatic heterocycles. The van der Waals surface area contributed by atoms with Gasteiger partial charge in [0.2, 0.25) is 0 Å². The van der Waals surface area contributed by atoms with Crippen molar-refractivity contribution in [2.45, 2.75) is 32.0 Å². The molecule has 2 rings (SSSR count). The van der Waals surface area contributed by atoms with Crippen LogP contribution < -0.4 is 5.73 Å². The number of ether oxygens (including phenoxy) is 1. The van der Waals surface area contributed by atoms with Crippen molar-refractivity contribution < 1.29 is 9.13 Å². The fourth-order valence-corrected chi connectivity index (χ4v) is 2.30. The highest BCUT2D eigenvalue weighted by molar-refractivity contribution is 5.16. The molecule has 2 nitrogen and oxygen atoms in total. The van der Waals surface area contributed by atoms with Gasteiger partial charge in [0.05, 0.1) is 12.7 Å². The summed E-state index contributed by atoms with van der Waals surface area (Å²) in [6.45, 7) is 1.02. The molecule has 1 aromatic rings. The van der Waals surface area contributed by atoms with Crippen molar-refractivity contribution in [3.63, 3.8) is 0 Å². The summed E-state index contributed by atoms with van der Waals surface area (Å²) in [5.41, 5.74) is 6.30. The van der Waals surface area contributed by atoms with Crippen LogP contribution >= 0.6 is 0 Å². The van der Waals surface area contributed by atoms with Crippen LogP contribution in [0, 0.1) is 11.7 Å². The van der Waals surface area contributed by atoms with Crippen molar-refractivity contribution in [1.29, 1.82) is 0 Å². The van der Waals surface area contributed by atoms with Crippen molar-refractivity contribution in [3.8, 4) is 0 Å². The lowest BCUT2D eigenvalue weighted by atomic mass is 10.1. The van der Waals surface area contributed by atoms with Crippen LogP contribution in [0.25, 0.3) is 0 Å². The third-order valence-corrected chi connectivity index (χ3v) is 3.30. The van der Waals surface area contributed by atoms with Crippen molar-refractivity contribution >= 4 is 0 Å². The molecule has 0 aliphatic heterocycles. The Bertz CT molecular complexity index is 342. The minimum absolute atomic E-state index is 0.190. The maximum absolute atomic E-state index is 13.3. The third kappa shape index (κ3) is 2.60. The average molecular weight is 223 g/mol. The fourth-order valence-electron chi connectivity index (χ4n) is 2.30. The normalized spacial score (nSPS) is 24.9. The van der Waals surface area contributed by atoms with Crippen LogP contribution in [0.3, 0.4) is 0 Å². The number of rotatable bonds is 4. The molecule has 2 atom stereocenters. The summed E-state index contributed by atoms with van der Waals surface area (Å²) in [5, 5.41) is 0. The molecule has 1 saturated carbocycles. The van der Waals surface area contributed by atoms with E-state index in [2.05, 4.69) is 0 Å². The van der Waals surface area contributed by atoms with Crippen molar-refractivity contribution in [2.75, 3.05) is 6.54 Å². The molecule has 1 fully saturated rings. The highest BCUT2D eigenvalue weighted by atomic mass is 19.1. The predicted molar refractivity (Wildman–Crippen MR) is 61.4 cm³/mol. The lowest BCUT2D eigenvalue weighted by molar-refractivity contribution is 0.0169. The summed E-state index contributed by atoms with van der Waals surface area (Å²) >= 11 is 0. The topological polar surface area (TPSA) is 35.2 Å². The standard InChI is InChI=1S/C13H18FNO/c14-12-6-2-1-4-11(12)9-16-13-7-3-5-10(13)8-15/h1-2,4,6,10,13H,3,5,7-9,15H2. The van der Waals surface area contributed by atoms with Crippen molar-refractivity contribution in [3.05, 3.63) is 35.6 Å². The van der Waals surface area contributed by atoms with Crippen LogP contribution in [0.5, 0.6) is 0 Å². The molecule has 0 bridgehead atoms. The van der Waals surface area contributed by atoms with E-state index in [1.54, 1.807) is 12.1 Å². The van der Waals surface area contributed by atoms with E-state index in [9.17, 15) is 4.39 Å². The summed E-state index contributed by atoms with van der Waals surface area (Å²) in [5.74, 6) is 0.261. The molecule has 2 unspecified atom stereocenters. The van der Waals surface area contributed by atoms with E-state index in [-0.39, 0.29) is 11.9 Å². The van der Waals surface area contributed by atoms with Gasteiger partial charge in [0.15, 0.2) is 0 Å². The van der Waals surface area contributed by atoms with E-state index in [1.807, 2.05) is 6.07 Å². The van der Waals surface area contributed by atoms with Crippen LogP contribution in [0.15, 0.2) is 24.3 Å². The summed E-state index contributed by atoms with van der Waals surface area (Å²) in [6.07, 6.45) is 3.57. The molecular formula is C13H18FNO. The quantitative estimate of drug-likeness (QED) is 0.851. The molecule has 0 heterocycles. The number of benzene rings is 1. The maximum atomic E-state index is 13.3. The number of halogens is 1. The van der Waals surface area contributed by atoms with E-state index in [0.717, 1.165) is 12.8 Å². The molecule has 1 aromatic carbocycles. The molecule has 0 saturated heterocycles. The number of hydrogen-bond acceptors (Lipinski definition) is 2. The van der Waals surface area contributed by atoms with Gasteiger partial charge in [-0.2, -0.15) is 0 Å². The molecule has 3 heteroatoms. The second kappa shape index (κ2) is 5.41. The van der Waals surface area contributed by atoms with Gasteiger partial charge in [0, 0.05) is 5.56 Å².